The van der Waals surface area contributed by atoms with Crippen molar-refractivity contribution >= 4 is 57.8 Å². The number of nitriles is 2. The predicted molar refractivity (Wildman–Crippen MR) is 93.4 cm³/mol. The van der Waals surface area contributed by atoms with Gasteiger partial charge in [0.25, 0.3) is 5.69 Å². The maximum Gasteiger partial charge on any atom is 0.289 e. The van der Waals surface area contributed by atoms with E-state index in [2.05, 4.69) is 0 Å². The van der Waals surface area contributed by atoms with E-state index in [9.17, 15) is 10.1 Å². The molecule has 0 aliphatic heterocycles. The van der Waals surface area contributed by atoms with E-state index in [1.165, 1.54) is 6.07 Å². The summed E-state index contributed by atoms with van der Waals surface area (Å²) in [6.07, 6.45) is 0. The Labute approximate surface area is 156 Å². The number of nitro benzene ring substituents is 1. The van der Waals surface area contributed by atoms with Crippen molar-refractivity contribution in [1.82, 2.24) is 0 Å². The van der Waals surface area contributed by atoms with Gasteiger partial charge < -0.3 is 5.73 Å². The summed E-state index contributed by atoms with van der Waals surface area (Å²) >= 11 is 22.4. The molecule has 0 aliphatic rings. The molecule has 0 unspecified atom stereocenters. The molecule has 0 bridgehead atoms. The molecule has 0 saturated carbocycles. The number of nitrogens with two attached hydrogens (primary N) is 1. The largest absolute Gasteiger partial charge is 0.397 e. The third-order valence-corrected chi connectivity index (χ3v) is 4.03. The number of nitrogens with zero attached hydrogens (tertiary/aromatic N) is 3. The Morgan fingerprint density at radius 2 is 1.38 bits per heavy atom. The van der Waals surface area contributed by atoms with E-state index in [-0.39, 0.29) is 31.9 Å². The zero-order valence-electron chi connectivity index (χ0n) is 11.6. The molecule has 2 rings (SSSR count). The minimum absolute atomic E-state index is 0.0717. The number of hydrogen-bond acceptors (Lipinski definition) is 5. The topological polar surface area (TPSA) is 117 Å². The van der Waals surface area contributed by atoms with Crippen molar-refractivity contribution in [2.75, 3.05) is 5.73 Å². The standard InChI is InChI=1S/C7H2Cl2N2O2.C7H4Cl2N2/c8-5-1-2-6(11(12)13)7(9)4(5)3-10;8-5-1-2-6(11)7(9)4(5)3-10/h1-2H;1-2H,11H2. The van der Waals surface area contributed by atoms with Crippen molar-refractivity contribution in [2.45, 2.75) is 0 Å². The number of nitro groups is 1. The van der Waals surface area contributed by atoms with E-state index >= 15 is 0 Å². The first kappa shape index (κ1) is 19.8. The normalized spacial score (nSPS) is 9.25. The highest BCUT2D eigenvalue weighted by Crippen LogP contribution is 2.32. The lowest BCUT2D eigenvalue weighted by molar-refractivity contribution is -0.384. The second kappa shape index (κ2) is 8.58. The van der Waals surface area contributed by atoms with E-state index in [4.69, 9.17) is 62.7 Å². The summed E-state index contributed by atoms with van der Waals surface area (Å²) in [6, 6.07) is 9.08. The lowest BCUT2D eigenvalue weighted by atomic mass is 10.2. The summed E-state index contributed by atoms with van der Waals surface area (Å²) in [5.74, 6) is 0. The lowest BCUT2D eigenvalue weighted by Crippen LogP contribution is -1.91. The van der Waals surface area contributed by atoms with Gasteiger partial charge >= 0.3 is 0 Å². The molecular formula is C14H6Cl4N4O2. The summed E-state index contributed by atoms with van der Waals surface area (Å²) in [7, 11) is 0. The first-order chi connectivity index (χ1) is 11.2. The van der Waals surface area contributed by atoms with Crippen LogP contribution in [0.25, 0.3) is 0 Å². The van der Waals surface area contributed by atoms with Crippen molar-refractivity contribution in [3.05, 3.63) is 65.6 Å². The van der Waals surface area contributed by atoms with Gasteiger partial charge in [-0.25, -0.2) is 0 Å². The fourth-order valence-electron chi connectivity index (χ4n) is 1.46. The Morgan fingerprint density at radius 1 is 0.917 bits per heavy atom. The Morgan fingerprint density at radius 3 is 1.79 bits per heavy atom. The van der Waals surface area contributed by atoms with Crippen LogP contribution >= 0.6 is 46.4 Å². The molecule has 2 N–H and O–H groups in total. The molecule has 24 heavy (non-hydrogen) atoms. The molecule has 6 nitrogen and oxygen atoms in total. The molecule has 0 fully saturated rings. The Balaban J connectivity index is 0.000000243. The van der Waals surface area contributed by atoms with E-state index < -0.39 is 4.92 Å². The van der Waals surface area contributed by atoms with Gasteiger partial charge in [-0.15, -0.1) is 0 Å². The van der Waals surface area contributed by atoms with Gasteiger partial charge in [0.1, 0.15) is 17.2 Å². The van der Waals surface area contributed by atoms with Gasteiger partial charge in [-0.2, -0.15) is 10.5 Å². The van der Waals surface area contributed by atoms with Crippen molar-refractivity contribution in [3.8, 4) is 12.1 Å². The van der Waals surface area contributed by atoms with E-state index in [0.717, 1.165) is 6.07 Å². The Bertz CT molecular complexity index is 888. The van der Waals surface area contributed by atoms with Gasteiger partial charge in [0.05, 0.1) is 36.8 Å². The smallest absolute Gasteiger partial charge is 0.289 e. The van der Waals surface area contributed by atoms with Crippen molar-refractivity contribution in [3.63, 3.8) is 0 Å². The summed E-state index contributed by atoms with van der Waals surface area (Å²) in [4.78, 5) is 9.70. The second-order valence-electron chi connectivity index (χ2n) is 4.06. The van der Waals surface area contributed by atoms with Gasteiger partial charge in [-0.05, 0) is 18.2 Å². The number of anilines is 1. The third-order valence-electron chi connectivity index (χ3n) is 2.61. The lowest BCUT2D eigenvalue weighted by Gasteiger charge is -2.00. The monoisotopic (exact) mass is 402 g/mol. The van der Waals surface area contributed by atoms with Crippen LogP contribution in [0.15, 0.2) is 24.3 Å². The van der Waals surface area contributed by atoms with Crippen molar-refractivity contribution in [1.29, 1.82) is 10.5 Å². The first-order valence-electron chi connectivity index (χ1n) is 5.90. The Kier molecular flexibility index (Phi) is 7.09. The molecule has 0 radical (unpaired) electrons. The van der Waals surface area contributed by atoms with Crippen LogP contribution in [-0.2, 0) is 0 Å². The number of benzene rings is 2. The van der Waals surface area contributed by atoms with Gasteiger partial charge in [-0.3, -0.25) is 10.1 Å². The molecule has 0 aliphatic carbocycles. The van der Waals surface area contributed by atoms with Crippen LogP contribution in [0.1, 0.15) is 11.1 Å². The van der Waals surface area contributed by atoms with E-state index in [0.29, 0.717) is 10.7 Å². The second-order valence-corrected chi connectivity index (χ2v) is 5.63. The molecular weight excluding hydrogens is 398 g/mol. The number of halogens is 4. The average molecular weight is 404 g/mol. The summed E-state index contributed by atoms with van der Waals surface area (Å²) in [5.41, 5.74) is 5.63. The zero-order chi connectivity index (χ0) is 18.4. The maximum absolute atomic E-state index is 10.4. The molecule has 0 heterocycles. The minimum Gasteiger partial charge on any atom is -0.397 e. The highest BCUT2D eigenvalue weighted by atomic mass is 35.5. The van der Waals surface area contributed by atoms with Crippen LogP contribution < -0.4 is 5.73 Å². The molecule has 0 spiro atoms. The summed E-state index contributed by atoms with van der Waals surface area (Å²) < 4.78 is 0. The maximum atomic E-state index is 10.4. The molecule has 2 aromatic rings. The van der Waals surface area contributed by atoms with Crippen LogP contribution in [0.3, 0.4) is 0 Å². The summed E-state index contributed by atoms with van der Waals surface area (Å²) in [6.45, 7) is 0. The summed E-state index contributed by atoms with van der Waals surface area (Å²) in [5, 5.41) is 27.9. The average Bonchev–Trinajstić information content (AvgIpc) is 2.52. The Hall–Kier alpha value is -2.22. The molecule has 10 heteroatoms. The van der Waals surface area contributed by atoms with Crippen LogP contribution in [0.4, 0.5) is 11.4 Å². The molecule has 0 aromatic heterocycles. The van der Waals surface area contributed by atoms with Crippen LogP contribution in [0.2, 0.25) is 20.1 Å². The van der Waals surface area contributed by atoms with E-state index in [1.54, 1.807) is 18.2 Å². The fraction of sp³-hybridized carbons (Fsp3) is 0. The zero-order valence-corrected chi connectivity index (χ0v) is 14.6. The first-order valence-corrected chi connectivity index (χ1v) is 7.41. The molecule has 122 valence electrons. The van der Waals surface area contributed by atoms with Crippen LogP contribution in [0, 0.1) is 32.8 Å². The number of rotatable bonds is 1. The quantitative estimate of drug-likeness (QED) is 0.397. The highest BCUT2D eigenvalue weighted by Gasteiger charge is 2.18. The minimum atomic E-state index is -0.667. The molecule has 0 amide bonds. The SMILES string of the molecule is N#Cc1c(Cl)ccc(N)c1Cl.N#Cc1c(Cl)ccc([N+](=O)[O-])c1Cl. The highest BCUT2D eigenvalue weighted by molar-refractivity contribution is 6.38. The van der Waals surface area contributed by atoms with Gasteiger partial charge in [0.15, 0.2) is 0 Å². The predicted octanol–water partition coefficient (Wildman–Crippen LogP) is 5.22. The molecule has 2 aromatic carbocycles. The fourth-order valence-corrected chi connectivity index (χ4v) is 2.44. The van der Waals surface area contributed by atoms with E-state index in [1.807, 2.05) is 6.07 Å². The molecule has 0 saturated heterocycles. The van der Waals surface area contributed by atoms with Crippen LogP contribution in [0.5, 0.6) is 0 Å². The van der Waals surface area contributed by atoms with Gasteiger partial charge in [0.2, 0.25) is 0 Å². The van der Waals surface area contributed by atoms with Crippen molar-refractivity contribution < 1.29 is 4.92 Å². The van der Waals surface area contributed by atoms with Gasteiger partial charge in [-0.1, -0.05) is 46.4 Å². The third kappa shape index (κ3) is 4.41. The van der Waals surface area contributed by atoms with Crippen molar-refractivity contribution in [2.24, 2.45) is 0 Å². The number of nitrogen functional groups attached to an aromatic ring is 1. The molecule has 0 atom stereocenters. The number of hydrogen-bond donors (Lipinski definition) is 1. The van der Waals surface area contributed by atoms with Gasteiger partial charge in [0, 0.05) is 6.07 Å². The van der Waals surface area contributed by atoms with Crippen LogP contribution in [-0.4, -0.2) is 4.92 Å².